The van der Waals surface area contributed by atoms with Crippen molar-refractivity contribution in [3.8, 4) is 0 Å². The number of carbonyl (C=O) groups is 1. The zero-order chi connectivity index (χ0) is 8.69. The molecule has 0 aliphatic rings. The first-order chi connectivity index (χ1) is 5.18. The van der Waals surface area contributed by atoms with Crippen LogP contribution in [0, 0.1) is 12.8 Å². The number of hydrogen-bond acceptors (Lipinski definition) is 1. The maximum absolute atomic E-state index is 11.0. The maximum atomic E-state index is 11.0. The SMILES string of the molecule is [CH2-]CC/C=C/CC(=O)C(C)C.[Cm]. The average molecular weight is 400 g/mol. The van der Waals surface area contributed by atoms with Crippen molar-refractivity contribution in [2.75, 3.05) is 0 Å². The minimum atomic E-state index is 0. The normalized spacial score (nSPS) is 10.3. The Morgan fingerprint density at radius 1 is 1.42 bits per heavy atom. The Kier molecular flexibility index (Phi) is 8.16. The molecule has 0 atom stereocenters. The van der Waals surface area contributed by atoms with Crippen molar-refractivity contribution in [2.45, 2.75) is 33.1 Å². The molecule has 0 amide bonds. The number of carbonyl (C=O) groups excluding carboxylic acids is 1. The van der Waals surface area contributed by atoms with Crippen molar-refractivity contribution >= 4 is 5.78 Å². The number of Topliss-reactive ketones (excluding diaryl/α,β-unsaturated/α-hetero) is 1. The molecule has 2 heteroatoms. The second-order valence-corrected chi connectivity index (χ2v) is 2.94. The summed E-state index contributed by atoms with van der Waals surface area (Å²) in [7, 11) is 0. The third-order valence-corrected chi connectivity index (χ3v) is 1.50. The van der Waals surface area contributed by atoms with Crippen LogP contribution in [0.1, 0.15) is 33.1 Å². The molecule has 0 unspecified atom stereocenters. The fourth-order valence-electron chi connectivity index (χ4n) is 0.671. The van der Waals surface area contributed by atoms with Crippen LogP contribution in [0.25, 0.3) is 0 Å². The summed E-state index contributed by atoms with van der Waals surface area (Å²) in [5.41, 5.74) is 0. The van der Waals surface area contributed by atoms with Gasteiger partial charge < -0.3 is 6.92 Å². The molecule has 0 radical (unpaired) electrons. The van der Waals surface area contributed by atoms with Gasteiger partial charge >= 0.3 is 0 Å². The molecule has 0 N–H and O–H groups in total. The molecule has 0 fully saturated rings. The van der Waals surface area contributed by atoms with E-state index in [1.54, 1.807) is 0 Å². The monoisotopic (exact) mass is 396 g/mol. The predicted molar refractivity (Wildman–Crippen MR) is 48.2 cm³/mol. The van der Waals surface area contributed by atoms with Crippen molar-refractivity contribution < 1.29 is 4.79 Å². The number of allylic oxidation sites excluding steroid dienone is 2. The smallest absolute Gasteiger partial charge is 0.139 e. The minimum Gasteiger partial charge on any atom is -0.343 e. The van der Waals surface area contributed by atoms with Crippen LogP contribution in [0.5, 0.6) is 0 Å². The minimum absolute atomic E-state index is 0. The zero-order valence-corrected chi connectivity index (χ0v) is 10.8. The Morgan fingerprint density at radius 2 is 2.00 bits per heavy atom. The van der Waals surface area contributed by atoms with E-state index in [2.05, 4.69) is 6.92 Å². The molecule has 12 heavy (non-hydrogen) atoms. The van der Waals surface area contributed by atoms with E-state index in [0.717, 1.165) is 12.8 Å². The fourth-order valence-corrected chi connectivity index (χ4v) is 0.671. The van der Waals surface area contributed by atoms with Gasteiger partial charge in [0, 0.05) is 12.3 Å². The van der Waals surface area contributed by atoms with Crippen LogP contribution in [-0.2, 0) is 4.79 Å². The molecule has 0 aromatic heterocycles. The van der Waals surface area contributed by atoms with Gasteiger partial charge in [0.15, 0.2) is 0 Å². The number of rotatable bonds is 5. The van der Waals surface area contributed by atoms with Gasteiger partial charge in [-0.3, -0.25) is 4.79 Å². The third kappa shape index (κ3) is 6.53. The largest absolute Gasteiger partial charge is 0.343 e. The van der Waals surface area contributed by atoms with Crippen molar-refractivity contribution in [3.63, 3.8) is 0 Å². The molecule has 0 aromatic carbocycles. The van der Waals surface area contributed by atoms with Gasteiger partial charge in [0.2, 0.25) is 0 Å². The maximum Gasteiger partial charge on any atom is 0.139 e. The summed E-state index contributed by atoms with van der Waals surface area (Å²) in [5, 5.41) is 0. The zero-order valence-electron chi connectivity index (χ0n) is 7.82. The van der Waals surface area contributed by atoms with Crippen LogP contribution >= 0.6 is 0 Å². The molecule has 0 saturated heterocycles. The van der Waals surface area contributed by atoms with E-state index in [-0.39, 0.29) is 5.92 Å². The molecular weight excluding hydrogens is 383 g/mol. The molecule has 0 spiro atoms. The standard InChI is InChI=1S/C10H17O.Cm/c1-4-5-6-7-8-10(11)9(2)3;/h6-7,9H,1,4-5,8H2,2-3H3;/q-1;/b7-6+;. The second-order valence-electron chi connectivity index (χ2n) is 2.94. The molecule has 0 bridgehead atoms. The van der Waals surface area contributed by atoms with E-state index in [4.69, 9.17) is 0 Å². The molecule has 0 aliphatic heterocycles. The molecule has 72 valence electrons. The average Bonchev–Trinajstić information content (AvgIpc) is 1.97. The van der Waals surface area contributed by atoms with Crippen LogP contribution in [0.15, 0.2) is 12.2 Å². The summed E-state index contributed by atoms with van der Waals surface area (Å²) >= 11 is 0. The summed E-state index contributed by atoms with van der Waals surface area (Å²) in [5.74, 6) is 0.477. The van der Waals surface area contributed by atoms with Crippen LogP contribution in [-0.4, -0.2) is 5.78 Å². The fraction of sp³-hybridized carbons (Fsp3) is 0.600. The van der Waals surface area contributed by atoms with Crippen LogP contribution in [0.3, 0.4) is 0 Å². The van der Waals surface area contributed by atoms with E-state index >= 15 is 0 Å². The quantitative estimate of drug-likeness (QED) is 0.513. The topological polar surface area (TPSA) is 17.1 Å². The van der Waals surface area contributed by atoms with Crippen molar-refractivity contribution in [1.82, 2.24) is 0 Å². The van der Waals surface area contributed by atoms with E-state index in [1.165, 1.54) is 0 Å². The van der Waals surface area contributed by atoms with Crippen LogP contribution in [0.2, 0.25) is 0 Å². The summed E-state index contributed by atoms with van der Waals surface area (Å²) in [6.07, 6.45) is 6.43. The van der Waals surface area contributed by atoms with Crippen molar-refractivity contribution in [1.29, 1.82) is 0 Å². The van der Waals surface area contributed by atoms with Crippen LogP contribution < -0.4 is 0 Å². The van der Waals surface area contributed by atoms with Gasteiger partial charge in [0.1, 0.15) is 5.78 Å². The number of ketones is 1. The van der Waals surface area contributed by atoms with E-state index in [1.807, 2.05) is 26.0 Å². The molecule has 0 aliphatic carbocycles. The molecule has 1 nitrogen and oxygen atoms in total. The van der Waals surface area contributed by atoms with Gasteiger partial charge in [-0.25, -0.2) is 0 Å². The summed E-state index contributed by atoms with van der Waals surface area (Å²) in [4.78, 5) is 11.0. The predicted octanol–water partition coefficient (Wildman–Crippen LogP) is 2.77. The van der Waals surface area contributed by atoms with Crippen molar-refractivity contribution in [3.05, 3.63) is 19.1 Å². The van der Waals surface area contributed by atoms with Gasteiger partial charge in [0.05, 0.1) is 0 Å². The van der Waals surface area contributed by atoms with Gasteiger partial charge in [-0.15, -0.1) is 0 Å². The van der Waals surface area contributed by atoms with Gasteiger partial charge in [-0.05, 0) is 0 Å². The van der Waals surface area contributed by atoms with E-state index in [9.17, 15) is 4.79 Å². The van der Waals surface area contributed by atoms with Gasteiger partial charge in [-0.2, -0.15) is 6.42 Å². The van der Waals surface area contributed by atoms with E-state index < -0.39 is 0 Å². The Hall–Kier alpha value is -1.59. The first-order valence-corrected chi connectivity index (χ1v) is 4.15. The third-order valence-electron chi connectivity index (χ3n) is 1.50. The van der Waals surface area contributed by atoms with Gasteiger partial charge in [0.25, 0.3) is 0 Å². The first-order valence-electron chi connectivity index (χ1n) is 4.15. The summed E-state index contributed by atoms with van der Waals surface area (Å²) in [6.45, 7) is 7.56. The molecule has 0 aromatic rings. The summed E-state index contributed by atoms with van der Waals surface area (Å²) in [6, 6.07) is 0. The summed E-state index contributed by atoms with van der Waals surface area (Å²) < 4.78 is 0. The van der Waals surface area contributed by atoms with Gasteiger partial charge in [-0.1, -0.05) is 32.4 Å². The number of unbranched alkanes of at least 4 members (excludes halogenated alkanes) is 1. The van der Waals surface area contributed by atoms with Crippen LogP contribution in [0.4, 0.5) is 0 Å². The van der Waals surface area contributed by atoms with Crippen molar-refractivity contribution in [2.24, 2.45) is 5.92 Å². The number of hydrogen-bond donors (Lipinski definition) is 0. The molecule has 0 saturated carbocycles. The second kappa shape index (κ2) is 7.52. The first kappa shape index (κ1) is 13.0. The molecule has 0 rings (SSSR count). The molecule has 0 heterocycles. The molecular formula is C10H17CmO-. The Morgan fingerprint density at radius 3 is 2.42 bits per heavy atom. The Labute approximate surface area is 69.5 Å². The Balaban J connectivity index is 0. The van der Waals surface area contributed by atoms with E-state index in [0.29, 0.717) is 12.2 Å². The Bertz CT molecular complexity index is 139.